The number of ether oxygens (including phenoxy) is 2. The average molecular weight is 914 g/mol. The van der Waals surface area contributed by atoms with Crippen molar-refractivity contribution < 1.29 is 50.0 Å². The van der Waals surface area contributed by atoms with Crippen LogP contribution >= 0.6 is 0 Å². The zero-order chi connectivity index (χ0) is 46.9. The Kier molecular flexibility index (Phi) is 41.0. The Morgan fingerprint density at radius 2 is 0.906 bits per heavy atom. The highest BCUT2D eigenvalue weighted by Crippen LogP contribution is 2.23. The third-order valence-electron chi connectivity index (χ3n) is 13.3. The number of aliphatic hydroxyl groups excluding tert-OH is 7. The zero-order valence-corrected chi connectivity index (χ0v) is 41.3. The lowest BCUT2D eigenvalue weighted by atomic mass is 9.98. The van der Waals surface area contributed by atoms with Crippen LogP contribution in [-0.4, -0.2) is 110 Å². The molecule has 9 atom stereocenters. The van der Waals surface area contributed by atoms with E-state index in [-0.39, 0.29) is 6.42 Å². The van der Waals surface area contributed by atoms with Gasteiger partial charge in [0.25, 0.3) is 0 Å². The van der Waals surface area contributed by atoms with Gasteiger partial charge in [0, 0.05) is 0 Å². The van der Waals surface area contributed by atoms with Gasteiger partial charge in [-0.05, 0) is 38.5 Å². The Labute approximate surface area is 392 Å². The zero-order valence-electron chi connectivity index (χ0n) is 41.3. The summed E-state index contributed by atoms with van der Waals surface area (Å²) in [6.45, 7) is 3.45. The van der Waals surface area contributed by atoms with E-state index in [0.717, 1.165) is 57.8 Å². The van der Waals surface area contributed by atoms with Gasteiger partial charge in [-0.2, -0.15) is 0 Å². The van der Waals surface area contributed by atoms with Crippen LogP contribution in [0.1, 0.15) is 251 Å². The van der Waals surface area contributed by atoms with Crippen LogP contribution in [0.4, 0.5) is 0 Å². The first-order valence-corrected chi connectivity index (χ1v) is 27.1. The van der Waals surface area contributed by atoms with Crippen LogP contribution in [0.3, 0.4) is 0 Å². The molecule has 8 N–H and O–H groups in total. The molecule has 0 radical (unpaired) electrons. The number of aliphatic hydroxyl groups is 7. The highest BCUT2D eigenvalue weighted by molar-refractivity contribution is 5.80. The van der Waals surface area contributed by atoms with E-state index in [0.29, 0.717) is 19.3 Å². The van der Waals surface area contributed by atoms with Crippen molar-refractivity contribution in [3.05, 3.63) is 12.2 Å². The number of carbonyl (C=O) groups is 1. The highest BCUT2D eigenvalue weighted by atomic mass is 16.7. The van der Waals surface area contributed by atoms with Gasteiger partial charge in [0.05, 0.1) is 25.4 Å². The van der Waals surface area contributed by atoms with Gasteiger partial charge in [-0.1, -0.05) is 225 Å². The predicted octanol–water partition coefficient (Wildman–Crippen LogP) is 10.4. The van der Waals surface area contributed by atoms with E-state index >= 15 is 0 Å². The Morgan fingerprint density at radius 3 is 1.33 bits per heavy atom. The van der Waals surface area contributed by atoms with Crippen molar-refractivity contribution >= 4 is 5.91 Å². The molecule has 0 aliphatic carbocycles. The third kappa shape index (κ3) is 31.8. The van der Waals surface area contributed by atoms with Crippen LogP contribution in [0.2, 0.25) is 0 Å². The van der Waals surface area contributed by atoms with E-state index in [9.17, 15) is 40.5 Å². The Morgan fingerprint density at radius 1 is 0.531 bits per heavy atom. The lowest BCUT2D eigenvalue weighted by Crippen LogP contribution is -2.60. The average Bonchev–Trinajstić information content (AvgIpc) is 3.29. The van der Waals surface area contributed by atoms with E-state index in [2.05, 4.69) is 31.3 Å². The van der Waals surface area contributed by atoms with E-state index in [1.165, 1.54) is 154 Å². The van der Waals surface area contributed by atoms with E-state index in [1.54, 1.807) is 0 Å². The number of unbranched alkanes of at least 4 members (excludes halogenated alkanes) is 32. The fourth-order valence-electron chi connectivity index (χ4n) is 8.85. The van der Waals surface area contributed by atoms with Crippen LogP contribution in [0.25, 0.3) is 0 Å². The molecule has 1 fully saturated rings. The van der Waals surface area contributed by atoms with Gasteiger partial charge in [-0.25, -0.2) is 0 Å². The minimum absolute atomic E-state index is 0.255. The molecule has 380 valence electrons. The quantitative estimate of drug-likeness (QED) is 0.0216. The fraction of sp³-hybridized carbons (Fsp3) is 0.943. The summed E-state index contributed by atoms with van der Waals surface area (Å²) in [5, 5.41) is 76.0. The maximum atomic E-state index is 13.1. The molecule has 1 aliphatic rings. The largest absolute Gasteiger partial charge is 0.394 e. The first kappa shape index (κ1) is 60.9. The van der Waals surface area contributed by atoms with Crippen molar-refractivity contribution in [3.63, 3.8) is 0 Å². The van der Waals surface area contributed by atoms with Crippen molar-refractivity contribution in [1.82, 2.24) is 5.32 Å². The smallest absolute Gasteiger partial charge is 0.249 e. The molecule has 1 saturated heterocycles. The van der Waals surface area contributed by atoms with Gasteiger partial charge in [-0.15, -0.1) is 0 Å². The van der Waals surface area contributed by atoms with E-state index in [1.807, 2.05) is 0 Å². The summed E-state index contributed by atoms with van der Waals surface area (Å²) in [5.74, 6) is -0.699. The molecule has 0 aromatic heterocycles. The molecule has 1 heterocycles. The molecule has 0 aromatic rings. The summed E-state index contributed by atoms with van der Waals surface area (Å²) >= 11 is 0. The van der Waals surface area contributed by atoms with Gasteiger partial charge < -0.3 is 50.5 Å². The molecule has 0 spiro atoms. The van der Waals surface area contributed by atoms with Gasteiger partial charge in [0.15, 0.2) is 6.29 Å². The van der Waals surface area contributed by atoms with Crippen molar-refractivity contribution in [3.8, 4) is 0 Å². The number of amides is 1. The molecule has 1 amide bonds. The fourth-order valence-corrected chi connectivity index (χ4v) is 8.85. The second-order valence-corrected chi connectivity index (χ2v) is 19.3. The van der Waals surface area contributed by atoms with Crippen LogP contribution in [0.15, 0.2) is 12.2 Å². The lowest BCUT2D eigenvalue weighted by Gasteiger charge is -2.40. The maximum absolute atomic E-state index is 13.1. The molecule has 1 aliphatic heterocycles. The standard InChI is InChI=1S/C53H103NO10/c1-3-5-7-9-11-13-15-17-19-20-21-22-23-24-25-26-27-29-30-32-34-36-38-40-45(56)48(58)44(43-63-53-51(61)50(60)49(59)47(42-55)64-53)54-52(62)46(57)41-39-37-35-33-31-28-18-16-14-12-10-8-6-4-2/h14,16,44-51,53,55-61H,3-13,15,17-43H2,1-2H3,(H,54,62)/b16-14-. The maximum Gasteiger partial charge on any atom is 0.249 e. The first-order valence-electron chi connectivity index (χ1n) is 27.1. The van der Waals surface area contributed by atoms with Gasteiger partial charge >= 0.3 is 0 Å². The number of nitrogens with one attached hydrogen (secondary N) is 1. The Hall–Kier alpha value is -1.15. The molecule has 0 aromatic carbocycles. The summed E-state index contributed by atoms with van der Waals surface area (Å²) < 4.78 is 11.1. The number of hydrogen-bond acceptors (Lipinski definition) is 10. The van der Waals surface area contributed by atoms with Crippen molar-refractivity contribution in [2.24, 2.45) is 0 Å². The number of allylic oxidation sites excluding steroid dienone is 2. The summed E-state index contributed by atoms with van der Waals surface area (Å²) in [4.78, 5) is 13.1. The molecule has 64 heavy (non-hydrogen) atoms. The minimum atomic E-state index is -1.66. The monoisotopic (exact) mass is 914 g/mol. The summed E-state index contributed by atoms with van der Waals surface area (Å²) in [6, 6.07) is -1.17. The van der Waals surface area contributed by atoms with Crippen LogP contribution < -0.4 is 5.32 Å². The molecule has 0 bridgehead atoms. The van der Waals surface area contributed by atoms with Crippen molar-refractivity contribution in [1.29, 1.82) is 0 Å². The normalized spacial score (nSPS) is 21.0. The molecular formula is C53H103NO10. The summed E-state index contributed by atoms with van der Waals surface area (Å²) in [6.07, 6.45) is 36.9. The number of rotatable bonds is 46. The predicted molar refractivity (Wildman–Crippen MR) is 261 cm³/mol. The van der Waals surface area contributed by atoms with Crippen molar-refractivity contribution in [2.45, 2.75) is 306 Å². The summed E-state index contributed by atoms with van der Waals surface area (Å²) in [5.41, 5.74) is 0. The van der Waals surface area contributed by atoms with Gasteiger partial charge in [-0.3, -0.25) is 4.79 Å². The van der Waals surface area contributed by atoms with E-state index in [4.69, 9.17) is 9.47 Å². The van der Waals surface area contributed by atoms with Crippen LogP contribution in [0, 0.1) is 0 Å². The molecule has 9 unspecified atom stereocenters. The molecular weight excluding hydrogens is 811 g/mol. The van der Waals surface area contributed by atoms with Crippen molar-refractivity contribution in [2.75, 3.05) is 13.2 Å². The minimum Gasteiger partial charge on any atom is -0.394 e. The first-order chi connectivity index (χ1) is 31.2. The Bertz CT molecular complexity index is 1050. The Balaban J connectivity index is 2.33. The van der Waals surface area contributed by atoms with Crippen LogP contribution in [-0.2, 0) is 14.3 Å². The number of carbonyl (C=O) groups excluding carboxylic acids is 1. The summed E-state index contributed by atoms with van der Waals surface area (Å²) in [7, 11) is 0. The lowest BCUT2D eigenvalue weighted by molar-refractivity contribution is -0.303. The molecule has 1 rings (SSSR count). The second kappa shape index (κ2) is 43.2. The topological polar surface area (TPSA) is 189 Å². The molecule has 11 heteroatoms. The van der Waals surface area contributed by atoms with Gasteiger partial charge in [0.2, 0.25) is 5.91 Å². The SMILES string of the molecule is CCCCCC/C=C\CCCCCCCCC(O)C(=O)NC(COC1OC(CO)C(O)C(O)C1O)C(O)C(O)CCCCCCCCCCCCCCCCCCCCCCCCC. The second-order valence-electron chi connectivity index (χ2n) is 19.3. The number of hydrogen-bond donors (Lipinski definition) is 8. The van der Waals surface area contributed by atoms with Gasteiger partial charge in [0.1, 0.15) is 36.6 Å². The molecule has 0 saturated carbocycles. The third-order valence-corrected chi connectivity index (χ3v) is 13.3. The molecule has 11 nitrogen and oxygen atoms in total. The highest BCUT2D eigenvalue weighted by Gasteiger charge is 2.44. The van der Waals surface area contributed by atoms with Crippen LogP contribution in [0.5, 0.6) is 0 Å². The van der Waals surface area contributed by atoms with E-state index < -0.39 is 74.2 Å².